The molecule has 0 saturated heterocycles. The molecule has 0 aliphatic heterocycles. The molecule has 0 bridgehead atoms. The predicted molar refractivity (Wildman–Crippen MR) is 62.8 cm³/mol. The fourth-order valence-corrected chi connectivity index (χ4v) is 1.99. The Morgan fingerprint density at radius 2 is 1.87 bits per heavy atom. The van der Waals surface area contributed by atoms with Crippen molar-refractivity contribution in [3.05, 3.63) is 0 Å². The van der Waals surface area contributed by atoms with E-state index in [1.165, 1.54) is 19.3 Å². The van der Waals surface area contributed by atoms with Gasteiger partial charge in [0.15, 0.2) is 0 Å². The van der Waals surface area contributed by atoms with Crippen LogP contribution in [0.5, 0.6) is 0 Å². The highest BCUT2D eigenvalue weighted by atomic mass is 16.5. The molecule has 1 rings (SSSR count). The minimum absolute atomic E-state index is 0.0715. The third-order valence-electron chi connectivity index (χ3n) is 3.50. The van der Waals surface area contributed by atoms with Crippen LogP contribution in [0, 0.1) is 11.3 Å². The highest BCUT2D eigenvalue weighted by molar-refractivity contribution is 4.76. The molecule has 0 aromatic heterocycles. The van der Waals surface area contributed by atoms with E-state index in [4.69, 9.17) is 4.74 Å². The monoisotopic (exact) mass is 214 g/mol. The summed E-state index contributed by atoms with van der Waals surface area (Å²) in [6, 6.07) is 0. The van der Waals surface area contributed by atoms with E-state index in [1.807, 2.05) is 20.8 Å². The molecule has 0 spiro atoms. The van der Waals surface area contributed by atoms with Crippen LogP contribution in [-0.2, 0) is 4.74 Å². The maximum atomic E-state index is 9.88. The molecule has 1 N–H and O–H groups in total. The van der Waals surface area contributed by atoms with Crippen LogP contribution in [0.4, 0.5) is 0 Å². The van der Waals surface area contributed by atoms with E-state index in [2.05, 4.69) is 6.92 Å². The van der Waals surface area contributed by atoms with Gasteiger partial charge in [0.2, 0.25) is 0 Å². The van der Waals surface area contributed by atoms with Crippen molar-refractivity contribution < 1.29 is 9.84 Å². The quantitative estimate of drug-likeness (QED) is 0.782. The molecule has 0 radical (unpaired) electrons. The first kappa shape index (κ1) is 13.0. The van der Waals surface area contributed by atoms with Gasteiger partial charge in [0, 0.05) is 0 Å². The molecule has 1 aliphatic rings. The molecule has 1 aliphatic carbocycles. The average Bonchev–Trinajstić information content (AvgIpc) is 2.14. The van der Waals surface area contributed by atoms with Gasteiger partial charge in [0.25, 0.3) is 0 Å². The van der Waals surface area contributed by atoms with Gasteiger partial charge >= 0.3 is 0 Å². The number of hydrogen-bond acceptors (Lipinski definition) is 2. The van der Waals surface area contributed by atoms with Crippen molar-refractivity contribution >= 4 is 0 Å². The van der Waals surface area contributed by atoms with E-state index in [0.717, 1.165) is 6.42 Å². The normalized spacial score (nSPS) is 30.2. The lowest BCUT2D eigenvalue weighted by Crippen LogP contribution is -2.35. The van der Waals surface area contributed by atoms with Gasteiger partial charge in [-0.1, -0.05) is 40.5 Å². The van der Waals surface area contributed by atoms with Crippen LogP contribution in [0.1, 0.15) is 53.4 Å². The number of aliphatic hydroxyl groups excluding tert-OH is 1. The summed E-state index contributed by atoms with van der Waals surface area (Å²) in [5.41, 5.74) is -0.0715. The van der Waals surface area contributed by atoms with Gasteiger partial charge < -0.3 is 9.84 Å². The van der Waals surface area contributed by atoms with Crippen molar-refractivity contribution in [3.8, 4) is 0 Å². The molecule has 2 heteroatoms. The van der Waals surface area contributed by atoms with Gasteiger partial charge in [-0.15, -0.1) is 0 Å². The Balaban J connectivity index is 2.29. The minimum atomic E-state index is -0.355. The topological polar surface area (TPSA) is 29.5 Å². The van der Waals surface area contributed by atoms with Gasteiger partial charge in [-0.3, -0.25) is 0 Å². The van der Waals surface area contributed by atoms with Gasteiger partial charge in [-0.2, -0.15) is 0 Å². The smallest absolute Gasteiger partial charge is 0.0821 e. The lowest BCUT2D eigenvalue weighted by molar-refractivity contribution is -0.0743. The first-order chi connectivity index (χ1) is 6.91. The summed E-state index contributed by atoms with van der Waals surface area (Å²) in [6.07, 6.45) is 5.07. The van der Waals surface area contributed by atoms with Crippen LogP contribution in [0.2, 0.25) is 0 Å². The Labute approximate surface area is 94.0 Å². The molecule has 1 saturated carbocycles. The summed E-state index contributed by atoms with van der Waals surface area (Å²) in [4.78, 5) is 0. The van der Waals surface area contributed by atoms with Crippen molar-refractivity contribution in [3.63, 3.8) is 0 Å². The molecule has 3 unspecified atom stereocenters. The first-order valence-electron chi connectivity index (χ1n) is 6.21. The third-order valence-corrected chi connectivity index (χ3v) is 3.50. The second-order valence-electron chi connectivity index (χ2n) is 6.02. The molecule has 15 heavy (non-hydrogen) atoms. The second-order valence-corrected chi connectivity index (χ2v) is 6.02. The van der Waals surface area contributed by atoms with Crippen LogP contribution in [-0.4, -0.2) is 23.9 Å². The van der Waals surface area contributed by atoms with Crippen LogP contribution < -0.4 is 0 Å². The zero-order valence-electron chi connectivity index (χ0n) is 10.6. The molecule has 90 valence electrons. The van der Waals surface area contributed by atoms with Crippen molar-refractivity contribution in [2.24, 2.45) is 11.3 Å². The zero-order chi connectivity index (χ0) is 11.5. The molecular weight excluding hydrogens is 188 g/mol. The Kier molecular flexibility index (Phi) is 4.60. The SMILES string of the molecule is CC1CCCCC1OCC(O)C(C)(C)C. The summed E-state index contributed by atoms with van der Waals surface area (Å²) < 4.78 is 5.83. The van der Waals surface area contributed by atoms with Crippen molar-refractivity contribution in [2.75, 3.05) is 6.61 Å². The molecule has 0 aromatic carbocycles. The minimum Gasteiger partial charge on any atom is -0.390 e. The molecular formula is C13H26O2. The van der Waals surface area contributed by atoms with Crippen LogP contribution in [0.25, 0.3) is 0 Å². The number of hydrogen-bond donors (Lipinski definition) is 1. The number of rotatable bonds is 3. The molecule has 1 fully saturated rings. The van der Waals surface area contributed by atoms with E-state index < -0.39 is 0 Å². The van der Waals surface area contributed by atoms with Crippen LogP contribution in [0.15, 0.2) is 0 Å². The Morgan fingerprint density at radius 3 is 2.40 bits per heavy atom. The lowest BCUT2D eigenvalue weighted by Gasteiger charge is -2.32. The number of aliphatic hydroxyl groups is 1. The summed E-state index contributed by atoms with van der Waals surface area (Å²) >= 11 is 0. The second kappa shape index (κ2) is 5.31. The lowest BCUT2D eigenvalue weighted by atomic mass is 9.87. The van der Waals surface area contributed by atoms with Crippen molar-refractivity contribution in [1.82, 2.24) is 0 Å². The Hall–Kier alpha value is -0.0800. The summed E-state index contributed by atoms with van der Waals surface area (Å²) in [5.74, 6) is 0.658. The molecule has 0 heterocycles. The predicted octanol–water partition coefficient (Wildman–Crippen LogP) is 2.99. The van der Waals surface area contributed by atoms with E-state index in [1.54, 1.807) is 0 Å². The fraction of sp³-hybridized carbons (Fsp3) is 1.00. The largest absolute Gasteiger partial charge is 0.390 e. The van der Waals surface area contributed by atoms with E-state index in [9.17, 15) is 5.11 Å². The molecule has 0 amide bonds. The highest BCUT2D eigenvalue weighted by Crippen LogP contribution is 2.27. The summed E-state index contributed by atoms with van der Waals surface area (Å²) in [7, 11) is 0. The molecule has 0 aromatic rings. The van der Waals surface area contributed by atoms with Crippen LogP contribution in [0.3, 0.4) is 0 Å². The molecule has 3 atom stereocenters. The number of ether oxygens (including phenoxy) is 1. The van der Waals surface area contributed by atoms with Gasteiger partial charge in [-0.05, 0) is 24.2 Å². The fourth-order valence-electron chi connectivity index (χ4n) is 1.99. The maximum Gasteiger partial charge on any atom is 0.0821 e. The first-order valence-corrected chi connectivity index (χ1v) is 6.21. The van der Waals surface area contributed by atoms with E-state index in [0.29, 0.717) is 18.6 Å². The average molecular weight is 214 g/mol. The highest BCUT2D eigenvalue weighted by Gasteiger charge is 2.26. The van der Waals surface area contributed by atoms with Crippen molar-refractivity contribution in [2.45, 2.75) is 65.6 Å². The van der Waals surface area contributed by atoms with Gasteiger partial charge in [-0.25, -0.2) is 0 Å². The van der Waals surface area contributed by atoms with Gasteiger partial charge in [0.1, 0.15) is 0 Å². The van der Waals surface area contributed by atoms with E-state index in [-0.39, 0.29) is 11.5 Å². The Bertz CT molecular complexity index is 183. The van der Waals surface area contributed by atoms with E-state index >= 15 is 0 Å². The summed E-state index contributed by atoms with van der Waals surface area (Å²) in [5, 5.41) is 9.88. The maximum absolute atomic E-state index is 9.88. The van der Waals surface area contributed by atoms with Crippen LogP contribution >= 0.6 is 0 Å². The zero-order valence-corrected chi connectivity index (χ0v) is 10.6. The summed E-state index contributed by atoms with van der Waals surface area (Å²) in [6.45, 7) is 8.88. The standard InChI is InChI=1S/C13H26O2/c1-10-7-5-6-8-11(10)15-9-12(14)13(2,3)4/h10-12,14H,5-9H2,1-4H3. The van der Waals surface area contributed by atoms with Gasteiger partial charge in [0.05, 0.1) is 18.8 Å². The molecule has 2 nitrogen and oxygen atoms in total. The van der Waals surface area contributed by atoms with Crippen molar-refractivity contribution in [1.29, 1.82) is 0 Å². The Morgan fingerprint density at radius 1 is 1.27 bits per heavy atom. The third kappa shape index (κ3) is 4.12.